The first-order chi connectivity index (χ1) is 12.0. The van der Waals surface area contributed by atoms with Gasteiger partial charge in [-0.15, -0.1) is 0 Å². The van der Waals surface area contributed by atoms with Crippen molar-refractivity contribution in [2.24, 2.45) is 5.73 Å². The number of anilines is 1. The summed E-state index contributed by atoms with van der Waals surface area (Å²) in [6.45, 7) is 0.819. The standard InChI is InChI=1S/C14H21N7O4/c15-4-2-1-3-8(13(23)24)17-5-6-21-11-9(10(16)18-7-19-11)12(22)20-14(21)25/h7-8,17H,1-6,15H2,(H,23,24)(H2,16,18,19)(H,20,22,25). The lowest BCUT2D eigenvalue weighted by Gasteiger charge is -2.15. The van der Waals surface area contributed by atoms with Crippen LogP contribution in [0.25, 0.3) is 11.0 Å². The highest BCUT2D eigenvalue weighted by Crippen LogP contribution is 2.09. The van der Waals surface area contributed by atoms with Crippen molar-refractivity contribution in [1.82, 2.24) is 24.8 Å². The number of hydrogen-bond donors (Lipinski definition) is 5. The molecule has 2 heterocycles. The number of carboxylic acids is 1. The van der Waals surface area contributed by atoms with Crippen LogP contribution in [-0.2, 0) is 11.3 Å². The molecule has 0 aliphatic rings. The van der Waals surface area contributed by atoms with Gasteiger partial charge in [-0.25, -0.2) is 14.8 Å². The van der Waals surface area contributed by atoms with E-state index in [-0.39, 0.29) is 29.9 Å². The Morgan fingerprint density at radius 2 is 2.12 bits per heavy atom. The van der Waals surface area contributed by atoms with Crippen molar-refractivity contribution in [1.29, 1.82) is 0 Å². The minimum absolute atomic E-state index is 0.0276. The number of nitrogens with zero attached hydrogens (tertiary/aromatic N) is 3. The van der Waals surface area contributed by atoms with Crippen LogP contribution in [0.2, 0.25) is 0 Å². The van der Waals surface area contributed by atoms with Gasteiger partial charge in [-0.1, -0.05) is 6.42 Å². The number of aromatic nitrogens is 4. The number of aliphatic carboxylic acids is 1. The Morgan fingerprint density at radius 3 is 2.80 bits per heavy atom. The van der Waals surface area contributed by atoms with E-state index in [1.165, 1.54) is 4.57 Å². The summed E-state index contributed by atoms with van der Waals surface area (Å²) in [5, 5.41) is 12.1. The van der Waals surface area contributed by atoms with E-state index in [1.54, 1.807) is 0 Å². The molecule has 2 rings (SSSR count). The molecule has 0 aliphatic carbocycles. The Morgan fingerprint density at radius 1 is 1.36 bits per heavy atom. The number of nitrogens with one attached hydrogen (secondary N) is 2. The molecule has 1 unspecified atom stereocenters. The van der Waals surface area contributed by atoms with Gasteiger partial charge in [0.15, 0.2) is 5.65 Å². The van der Waals surface area contributed by atoms with Crippen LogP contribution in [0.3, 0.4) is 0 Å². The SMILES string of the molecule is NCCCCC(NCCn1c(=O)[nH]c(=O)c2c(N)ncnc21)C(=O)O. The van der Waals surface area contributed by atoms with Gasteiger partial charge in [0, 0.05) is 13.1 Å². The van der Waals surface area contributed by atoms with Gasteiger partial charge in [-0.2, -0.15) is 0 Å². The third kappa shape index (κ3) is 4.39. The first-order valence-corrected chi connectivity index (χ1v) is 7.85. The summed E-state index contributed by atoms with van der Waals surface area (Å²) in [7, 11) is 0. The third-order valence-corrected chi connectivity index (χ3v) is 3.78. The number of H-pyrrole nitrogens is 1. The van der Waals surface area contributed by atoms with Crippen molar-refractivity contribution in [3.05, 3.63) is 27.2 Å². The molecule has 136 valence electrons. The van der Waals surface area contributed by atoms with E-state index in [0.29, 0.717) is 19.4 Å². The van der Waals surface area contributed by atoms with Gasteiger partial charge in [0.05, 0.1) is 0 Å². The van der Waals surface area contributed by atoms with Gasteiger partial charge in [-0.05, 0) is 19.4 Å². The number of nitrogen functional groups attached to an aromatic ring is 1. The van der Waals surface area contributed by atoms with Crippen LogP contribution in [0.1, 0.15) is 19.3 Å². The number of carbonyl (C=O) groups is 1. The van der Waals surface area contributed by atoms with Gasteiger partial charge in [-0.3, -0.25) is 19.1 Å². The number of hydrogen-bond acceptors (Lipinski definition) is 8. The highest BCUT2D eigenvalue weighted by atomic mass is 16.4. The van der Waals surface area contributed by atoms with E-state index in [4.69, 9.17) is 11.5 Å². The van der Waals surface area contributed by atoms with E-state index >= 15 is 0 Å². The fraction of sp³-hybridized carbons (Fsp3) is 0.500. The second-order valence-corrected chi connectivity index (χ2v) is 5.50. The monoisotopic (exact) mass is 351 g/mol. The maximum absolute atomic E-state index is 12.0. The molecule has 0 saturated heterocycles. The van der Waals surface area contributed by atoms with E-state index in [1.807, 2.05) is 0 Å². The zero-order chi connectivity index (χ0) is 18.4. The van der Waals surface area contributed by atoms with Crippen LogP contribution in [0, 0.1) is 0 Å². The number of carboxylic acid groups (broad SMARTS) is 1. The molecule has 0 radical (unpaired) electrons. The molecule has 11 heteroatoms. The number of aromatic amines is 1. The molecule has 0 bridgehead atoms. The number of fused-ring (bicyclic) bond motifs is 1. The Labute approximate surface area is 142 Å². The summed E-state index contributed by atoms with van der Waals surface area (Å²) >= 11 is 0. The van der Waals surface area contributed by atoms with Crippen molar-refractivity contribution in [3.8, 4) is 0 Å². The Balaban J connectivity index is 2.15. The van der Waals surface area contributed by atoms with Crippen molar-refractivity contribution in [3.63, 3.8) is 0 Å². The Bertz CT molecular complexity index is 860. The zero-order valence-corrected chi connectivity index (χ0v) is 13.6. The second-order valence-electron chi connectivity index (χ2n) is 5.50. The summed E-state index contributed by atoms with van der Waals surface area (Å²) in [5.74, 6) is -1.000. The molecule has 0 saturated carbocycles. The highest BCUT2D eigenvalue weighted by molar-refractivity contribution is 5.83. The molecule has 0 spiro atoms. The van der Waals surface area contributed by atoms with Crippen LogP contribution in [0.15, 0.2) is 15.9 Å². The van der Waals surface area contributed by atoms with Crippen molar-refractivity contribution in [2.45, 2.75) is 31.8 Å². The zero-order valence-electron chi connectivity index (χ0n) is 13.6. The normalized spacial score (nSPS) is 12.4. The van der Waals surface area contributed by atoms with Crippen molar-refractivity contribution < 1.29 is 9.90 Å². The first kappa shape index (κ1) is 18.5. The summed E-state index contributed by atoms with van der Waals surface area (Å²) in [6, 6.07) is -0.740. The molecule has 0 fully saturated rings. The highest BCUT2D eigenvalue weighted by Gasteiger charge is 2.17. The minimum Gasteiger partial charge on any atom is -0.480 e. The van der Waals surface area contributed by atoms with Gasteiger partial charge >= 0.3 is 11.7 Å². The maximum Gasteiger partial charge on any atom is 0.330 e. The number of rotatable bonds is 9. The van der Waals surface area contributed by atoms with Gasteiger partial charge < -0.3 is 21.9 Å². The topological polar surface area (TPSA) is 182 Å². The van der Waals surface area contributed by atoms with Crippen LogP contribution < -0.4 is 28.0 Å². The van der Waals surface area contributed by atoms with E-state index < -0.39 is 23.3 Å². The molecule has 0 aliphatic heterocycles. The predicted octanol–water partition coefficient (Wildman–Crippen LogP) is -1.77. The average molecular weight is 351 g/mol. The average Bonchev–Trinajstić information content (AvgIpc) is 2.55. The Hall–Kier alpha value is -2.79. The summed E-state index contributed by atoms with van der Waals surface area (Å²) in [5.41, 5.74) is 9.88. The van der Waals surface area contributed by atoms with Gasteiger partial charge in [0.25, 0.3) is 5.56 Å². The fourth-order valence-electron chi connectivity index (χ4n) is 2.50. The maximum atomic E-state index is 12.0. The van der Waals surface area contributed by atoms with Crippen molar-refractivity contribution in [2.75, 3.05) is 18.8 Å². The molecule has 25 heavy (non-hydrogen) atoms. The molecule has 7 N–H and O–H groups in total. The molecular formula is C14H21N7O4. The summed E-state index contributed by atoms with van der Waals surface area (Å²) in [6.07, 6.45) is 3.02. The molecule has 2 aromatic heterocycles. The summed E-state index contributed by atoms with van der Waals surface area (Å²) in [4.78, 5) is 45.0. The fourth-order valence-corrected chi connectivity index (χ4v) is 2.50. The van der Waals surface area contributed by atoms with Gasteiger partial charge in [0.1, 0.15) is 23.6 Å². The van der Waals surface area contributed by atoms with E-state index in [9.17, 15) is 19.5 Å². The van der Waals surface area contributed by atoms with Crippen molar-refractivity contribution >= 4 is 22.8 Å². The molecule has 0 amide bonds. The van der Waals surface area contributed by atoms with Crippen LogP contribution in [0.4, 0.5) is 5.82 Å². The molecular weight excluding hydrogens is 330 g/mol. The van der Waals surface area contributed by atoms with Gasteiger partial charge in [0.2, 0.25) is 0 Å². The lowest BCUT2D eigenvalue weighted by Crippen LogP contribution is -2.40. The molecule has 1 atom stereocenters. The minimum atomic E-state index is -0.970. The summed E-state index contributed by atoms with van der Waals surface area (Å²) < 4.78 is 1.22. The van der Waals surface area contributed by atoms with Crippen LogP contribution in [0.5, 0.6) is 0 Å². The Kier molecular flexibility index (Phi) is 6.19. The third-order valence-electron chi connectivity index (χ3n) is 3.78. The van der Waals surface area contributed by atoms with E-state index in [2.05, 4.69) is 20.3 Å². The lowest BCUT2D eigenvalue weighted by atomic mass is 10.1. The quantitative estimate of drug-likeness (QED) is 0.326. The smallest absolute Gasteiger partial charge is 0.330 e. The molecule has 2 aromatic rings. The number of unbranched alkanes of at least 4 members (excludes halogenated alkanes) is 1. The second kappa shape index (κ2) is 8.35. The lowest BCUT2D eigenvalue weighted by molar-refractivity contribution is -0.139. The first-order valence-electron chi connectivity index (χ1n) is 7.85. The van der Waals surface area contributed by atoms with Crippen LogP contribution in [-0.4, -0.2) is 49.7 Å². The molecule has 11 nitrogen and oxygen atoms in total. The predicted molar refractivity (Wildman–Crippen MR) is 91.2 cm³/mol. The van der Waals surface area contributed by atoms with E-state index in [0.717, 1.165) is 12.7 Å². The largest absolute Gasteiger partial charge is 0.480 e. The van der Waals surface area contributed by atoms with Crippen LogP contribution >= 0.6 is 0 Å². The number of nitrogens with two attached hydrogens (primary N) is 2. The molecule has 0 aromatic carbocycles.